The van der Waals surface area contributed by atoms with Crippen LogP contribution >= 0.6 is 0 Å². The van der Waals surface area contributed by atoms with Crippen molar-refractivity contribution in [2.45, 2.75) is 53.1 Å². The van der Waals surface area contributed by atoms with Crippen LogP contribution in [0.1, 0.15) is 47.0 Å². The monoisotopic (exact) mass is 213 g/mol. The molecule has 2 aliphatic rings. The number of rotatable bonds is 0. The Balaban J connectivity index is 0.000000531. The standard InChI is InChI=1S/C11H21NO.C2H6/c1-11(2)6-9-4-3-5-13-10(9)7-12-8-11;1-2/h9-10,12H,3-8H2,1-2H3;1-2H3. The first-order valence-electron chi connectivity index (χ1n) is 6.50. The van der Waals surface area contributed by atoms with Gasteiger partial charge in [0.25, 0.3) is 0 Å². The molecule has 2 unspecified atom stereocenters. The number of fused-ring (bicyclic) bond motifs is 1. The van der Waals surface area contributed by atoms with E-state index in [1.54, 1.807) is 0 Å². The quantitative estimate of drug-likeness (QED) is 0.668. The van der Waals surface area contributed by atoms with Gasteiger partial charge >= 0.3 is 0 Å². The molecule has 0 aliphatic carbocycles. The molecule has 2 fully saturated rings. The summed E-state index contributed by atoms with van der Waals surface area (Å²) >= 11 is 0. The van der Waals surface area contributed by atoms with Crippen LogP contribution in [0.15, 0.2) is 0 Å². The summed E-state index contributed by atoms with van der Waals surface area (Å²) in [7, 11) is 0. The molecule has 0 aromatic heterocycles. The van der Waals surface area contributed by atoms with Crippen LogP contribution in [0.2, 0.25) is 0 Å². The largest absolute Gasteiger partial charge is 0.377 e. The van der Waals surface area contributed by atoms with Gasteiger partial charge in [0, 0.05) is 19.7 Å². The molecule has 1 N–H and O–H groups in total. The minimum absolute atomic E-state index is 0.458. The molecule has 0 spiro atoms. The van der Waals surface area contributed by atoms with Crippen molar-refractivity contribution >= 4 is 0 Å². The number of hydrogen-bond acceptors (Lipinski definition) is 2. The van der Waals surface area contributed by atoms with Gasteiger partial charge in [-0.25, -0.2) is 0 Å². The summed E-state index contributed by atoms with van der Waals surface area (Å²) in [4.78, 5) is 0. The minimum Gasteiger partial charge on any atom is -0.377 e. The predicted octanol–water partition coefficient (Wildman–Crippen LogP) is 2.83. The summed E-state index contributed by atoms with van der Waals surface area (Å²) in [6.07, 6.45) is 4.45. The van der Waals surface area contributed by atoms with Crippen LogP contribution in [0.25, 0.3) is 0 Å². The normalized spacial score (nSPS) is 34.4. The highest BCUT2D eigenvalue weighted by Crippen LogP contribution is 2.34. The molecule has 2 heteroatoms. The molecule has 2 heterocycles. The lowest BCUT2D eigenvalue weighted by molar-refractivity contribution is -0.0273. The van der Waals surface area contributed by atoms with E-state index in [0.717, 1.165) is 25.6 Å². The minimum atomic E-state index is 0.458. The number of hydrogen-bond donors (Lipinski definition) is 1. The highest BCUT2D eigenvalue weighted by Gasteiger charge is 2.34. The molecule has 2 saturated heterocycles. The van der Waals surface area contributed by atoms with Crippen LogP contribution < -0.4 is 5.32 Å². The molecule has 2 aliphatic heterocycles. The second-order valence-corrected chi connectivity index (χ2v) is 5.31. The van der Waals surface area contributed by atoms with Crippen molar-refractivity contribution in [3.05, 3.63) is 0 Å². The van der Waals surface area contributed by atoms with Crippen molar-refractivity contribution in [1.29, 1.82) is 0 Å². The highest BCUT2D eigenvalue weighted by molar-refractivity contribution is 4.87. The number of nitrogens with one attached hydrogen (secondary N) is 1. The summed E-state index contributed by atoms with van der Waals surface area (Å²) in [6.45, 7) is 11.9. The topological polar surface area (TPSA) is 21.3 Å². The second-order valence-electron chi connectivity index (χ2n) is 5.31. The fourth-order valence-corrected chi connectivity index (χ4v) is 2.70. The maximum Gasteiger partial charge on any atom is 0.0727 e. The van der Waals surface area contributed by atoms with Gasteiger partial charge in [-0.15, -0.1) is 0 Å². The van der Waals surface area contributed by atoms with E-state index in [2.05, 4.69) is 19.2 Å². The third kappa shape index (κ3) is 3.76. The van der Waals surface area contributed by atoms with Gasteiger partial charge in [-0.2, -0.15) is 0 Å². The van der Waals surface area contributed by atoms with Crippen molar-refractivity contribution in [3.8, 4) is 0 Å². The van der Waals surface area contributed by atoms with Crippen molar-refractivity contribution in [2.75, 3.05) is 19.7 Å². The maximum absolute atomic E-state index is 5.79. The van der Waals surface area contributed by atoms with Gasteiger partial charge in [-0.05, 0) is 30.6 Å². The lowest BCUT2D eigenvalue weighted by atomic mass is 9.79. The molecule has 0 aromatic rings. The fraction of sp³-hybridized carbons (Fsp3) is 1.00. The molecule has 0 radical (unpaired) electrons. The zero-order chi connectivity index (χ0) is 11.3. The first-order valence-corrected chi connectivity index (χ1v) is 6.50. The third-order valence-electron chi connectivity index (χ3n) is 3.34. The van der Waals surface area contributed by atoms with E-state index in [4.69, 9.17) is 4.74 Å². The average molecular weight is 213 g/mol. The Kier molecular flexibility index (Phi) is 5.07. The summed E-state index contributed by atoms with van der Waals surface area (Å²) in [5.74, 6) is 0.804. The predicted molar refractivity (Wildman–Crippen MR) is 65.1 cm³/mol. The van der Waals surface area contributed by atoms with Gasteiger partial charge in [0.1, 0.15) is 0 Å². The van der Waals surface area contributed by atoms with E-state index in [1.165, 1.54) is 19.3 Å². The van der Waals surface area contributed by atoms with Crippen LogP contribution in [0.3, 0.4) is 0 Å². The van der Waals surface area contributed by atoms with Crippen LogP contribution in [-0.4, -0.2) is 25.8 Å². The van der Waals surface area contributed by atoms with Crippen molar-refractivity contribution in [3.63, 3.8) is 0 Å². The molecule has 2 atom stereocenters. The lowest BCUT2D eigenvalue weighted by Crippen LogP contribution is -2.35. The van der Waals surface area contributed by atoms with Crippen LogP contribution in [-0.2, 0) is 4.74 Å². The summed E-state index contributed by atoms with van der Waals surface area (Å²) < 4.78 is 5.79. The summed E-state index contributed by atoms with van der Waals surface area (Å²) in [5.41, 5.74) is 0.458. The average Bonchev–Trinajstić information content (AvgIpc) is 2.37. The van der Waals surface area contributed by atoms with Gasteiger partial charge in [-0.1, -0.05) is 27.7 Å². The van der Waals surface area contributed by atoms with Crippen LogP contribution in [0.5, 0.6) is 0 Å². The lowest BCUT2D eigenvalue weighted by Gasteiger charge is -2.32. The highest BCUT2D eigenvalue weighted by atomic mass is 16.5. The fourth-order valence-electron chi connectivity index (χ4n) is 2.70. The Hall–Kier alpha value is -0.0800. The van der Waals surface area contributed by atoms with E-state index in [0.29, 0.717) is 11.5 Å². The molecule has 0 aromatic carbocycles. The molecule has 0 amide bonds. The Morgan fingerprint density at radius 3 is 2.73 bits per heavy atom. The van der Waals surface area contributed by atoms with Crippen molar-refractivity contribution in [2.24, 2.45) is 11.3 Å². The molecule has 15 heavy (non-hydrogen) atoms. The molecule has 0 bridgehead atoms. The van der Waals surface area contributed by atoms with Crippen molar-refractivity contribution in [1.82, 2.24) is 5.32 Å². The van der Waals surface area contributed by atoms with Crippen LogP contribution in [0, 0.1) is 11.3 Å². The zero-order valence-electron chi connectivity index (χ0n) is 10.8. The first-order chi connectivity index (χ1) is 7.17. The van der Waals surface area contributed by atoms with Crippen LogP contribution in [0.4, 0.5) is 0 Å². The number of ether oxygens (including phenoxy) is 1. The van der Waals surface area contributed by atoms with E-state index in [1.807, 2.05) is 13.8 Å². The van der Waals surface area contributed by atoms with Crippen molar-refractivity contribution < 1.29 is 4.74 Å². The molecule has 2 rings (SSSR count). The van der Waals surface area contributed by atoms with Gasteiger partial charge in [0.05, 0.1) is 6.10 Å². The van der Waals surface area contributed by atoms with E-state index in [-0.39, 0.29) is 0 Å². The maximum atomic E-state index is 5.79. The molecular weight excluding hydrogens is 186 g/mol. The zero-order valence-corrected chi connectivity index (χ0v) is 10.8. The smallest absolute Gasteiger partial charge is 0.0727 e. The van der Waals surface area contributed by atoms with Gasteiger partial charge in [0.2, 0.25) is 0 Å². The molecule has 0 saturated carbocycles. The van der Waals surface area contributed by atoms with E-state index in [9.17, 15) is 0 Å². The Morgan fingerprint density at radius 1 is 1.27 bits per heavy atom. The molecular formula is C13H27NO. The third-order valence-corrected chi connectivity index (χ3v) is 3.34. The van der Waals surface area contributed by atoms with Gasteiger partial charge < -0.3 is 10.1 Å². The Morgan fingerprint density at radius 2 is 2.00 bits per heavy atom. The molecule has 90 valence electrons. The van der Waals surface area contributed by atoms with Gasteiger partial charge in [0.15, 0.2) is 0 Å². The Bertz CT molecular complexity index is 179. The van der Waals surface area contributed by atoms with E-state index >= 15 is 0 Å². The second kappa shape index (κ2) is 5.86. The first kappa shape index (κ1) is 13.0. The van der Waals surface area contributed by atoms with Gasteiger partial charge in [-0.3, -0.25) is 0 Å². The summed E-state index contributed by atoms with van der Waals surface area (Å²) in [5, 5.41) is 3.51. The SMILES string of the molecule is CC.CC1(C)CNCC2OCCCC2C1. The summed E-state index contributed by atoms with van der Waals surface area (Å²) in [6, 6.07) is 0. The molecule has 2 nitrogen and oxygen atoms in total. The Labute approximate surface area is 94.8 Å². The van der Waals surface area contributed by atoms with E-state index < -0.39 is 0 Å².